The highest BCUT2D eigenvalue weighted by molar-refractivity contribution is 6.42. The molecule has 0 unspecified atom stereocenters. The second-order valence-corrected chi connectivity index (χ2v) is 1.54. The van der Waals surface area contributed by atoms with Crippen molar-refractivity contribution in [3.63, 3.8) is 0 Å². The molecule has 0 bridgehead atoms. The van der Waals surface area contributed by atoms with Crippen LogP contribution in [0, 0.1) is 0 Å². The van der Waals surface area contributed by atoms with E-state index >= 15 is 0 Å². The maximum Gasteiger partial charge on any atom is 0.347 e. The molecule has 0 aliphatic rings. The van der Waals surface area contributed by atoms with E-state index in [2.05, 4.69) is 0 Å². The van der Waals surface area contributed by atoms with E-state index in [1.54, 1.807) is 0 Å². The SMILES string of the molecule is O=C(O)C=C(Cl)C(=O)O. The lowest BCUT2D eigenvalue weighted by Gasteiger charge is -1.83. The number of hydrogen-bond donors (Lipinski definition) is 2. The lowest BCUT2D eigenvalue weighted by Crippen LogP contribution is -1.97. The summed E-state index contributed by atoms with van der Waals surface area (Å²) in [7, 11) is 0. The predicted molar refractivity (Wildman–Crippen MR) is 29.2 cm³/mol. The van der Waals surface area contributed by atoms with Crippen LogP contribution in [0.3, 0.4) is 0 Å². The average molecular weight is 151 g/mol. The molecule has 2 N–H and O–H groups in total. The van der Waals surface area contributed by atoms with Gasteiger partial charge in [0.1, 0.15) is 5.03 Å². The zero-order valence-corrected chi connectivity index (χ0v) is 4.92. The largest absolute Gasteiger partial charge is 0.478 e. The molecule has 0 aliphatic heterocycles. The Morgan fingerprint density at radius 1 is 1.33 bits per heavy atom. The number of carboxylic acid groups (broad SMARTS) is 2. The van der Waals surface area contributed by atoms with E-state index in [4.69, 9.17) is 21.8 Å². The van der Waals surface area contributed by atoms with Gasteiger partial charge in [0.2, 0.25) is 0 Å². The molecular weight excluding hydrogens is 147 g/mol. The van der Waals surface area contributed by atoms with Crippen LogP contribution in [0.2, 0.25) is 0 Å². The predicted octanol–water partition coefficient (Wildman–Crippen LogP) is 0.278. The summed E-state index contributed by atoms with van der Waals surface area (Å²) >= 11 is 4.89. The van der Waals surface area contributed by atoms with Crippen LogP contribution in [0.1, 0.15) is 0 Å². The van der Waals surface area contributed by atoms with Crippen LogP contribution < -0.4 is 0 Å². The maximum atomic E-state index is 9.77. The number of carbonyl (C=O) groups is 2. The van der Waals surface area contributed by atoms with Gasteiger partial charge in [-0.05, 0) is 0 Å². The number of carboxylic acids is 2. The molecule has 0 fully saturated rings. The molecule has 0 saturated carbocycles. The summed E-state index contributed by atoms with van der Waals surface area (Å²) in [5.74, 6) is -2.82. The van der Waals surface area contributed by atoms with Crippen molar-refractivity contribution in [1.82, 2.24) is 0 Å². The normalized spacial score (nSPS) is 11.0. The Morgan fingerprint density at radius 2 is 1.78 bits per heavy atom. The van der Waals surface area contributed by atoms with Crippen LogP contribution in [0.5, 0.6) is 0 Å². The molecule has 0 aromatic carbocycles. The Balaban J connectivity index is 4.17. The number of aliphatic carboxylic acids is 2. The molecule has 4 nitrogen and oxygen atoms in total. The van der Waals surface area contributed by atoms with Gasteiger partial charge in [-0.1, -0.05) is 11.6 Å². The molecule has 0 saturated heterocycles. The van der Waals surface area contributed by atoms with Gasteiger partial charge < -0.3 is 10.2 Å². The minimum atomic E-state index is -1.45. The van der Waals surface area contributed by atoms with Crippen molar-refractivity contribution < 1.29 is 19.8 Å². The fraction of sp³-hybridized carbons (Fsp3) is 0. The first kappa shape index (κ1) is 7.97. The van der Waals surface area contributed by atoms with E-state index in [-0.39, 0.29) is 0 Å². The van der Waals surface area contributed by atoms with Crippen molar-refractivity contribution in [1.29, 1.82) is 0 Å². The smallest absolute Gasteiger partial charge is 0.347 e. The first-order valence-corrected chi connectivity index (χ1v) is 2.25. The summed E-state index contributed by atoms with van der Waals surface area (Å²) in [4.78, 5) is 19.5. The van der Waals surface area contributed by atoms with Crippen LogP contribution in [0.15, 0.2) is 11.1 Å². The Labute approximate surface area is 55.4 Å². The van der Waals surface area contributed by atoms with Gasteiger partial charge in [-0.15, -0.1) is 0 Å². The second-order valence-electron chi connectivity index (χ2n) is 1.14. The molecule has 0 amide bonds. The van der Waals surface area contributed by atoms with Crippen LogP contribution in [-0.2, 0) is 9.59 Å². The molecule has 5 heteroatoms. The van der Waals surface area contributed by atoms with Gasteiger partial charge in [0, 0.05) is 6.08 Å². The van der Waals surface area contributed by atoms with Gasteiger partial charge in [0.05, 0.1) is 0 Å². The summed E-state index contributed by atoms with van der Waals surface area (Å²) in [6.07, 6.45) is 0.407. The highest BCUT2D eigenvalue weighted by Crippen LogP contribution is 1.98. The zero-order valence-electron chi connectivity index (χ0n) is 4.17. The van der Waals surface area contributed by atoms with E-state index in [0.29, 0.717) is 6.08 Å². The molecule has 0 radical (unpaired) electrons. The van der Waals surface area contributed by atoms with E-state index in [1.165, 1.54) is 0 Å². The molecule has 0 heterocycles. The highest BCUT2D eigenvalue weighted by Gasteiger charge is 2.03. The van der Waals surface area contributed by atoms with Gasteiger partial charge in [-0.3, -0.25) is 0 Å². The van der Waals surface area contributed by atoms with E-state index < -0.39 is 17.0 Å². The third kappa shape index (κ3) is 3.54. The van der Waals surface area contributed by atoms with Crippen molar-refractivity contribution in [3.8, 4) is 0 Å². The second kappa shape index (κ2) is 3.09. The quantitative estimate of drug-likeness (QED) is 0.555. The molecule has 0 aromatic rings. The molecule has 0 aliphatic carbocycles. The standard InChI is InChI=1S/C4H3ClO4/c5-2(4(8)9)1-3(6)7/h1H,(H,6,7)(H,8,9). The van der Waals surface area contributed by atoms with Crippen LogP contribution in [0.25, 0.3) is 0 Å². The van der Waals surface area contributed by atoms with Gasteiger partial charge in [-0.25, -0.2) is 9.59 Å². The Bertz CT molecular complexity index is 171. The van der Waals surface area contributed by atoms with Gasteiger partial charge in [0.25, 0.3) is 0 Å². The fourth-order valence-electron chi connectivity index (χ4n) is 0.170. The third-order valence-electron chi connectivity index (χ3n) is 0.455. The Hall–Kier alpha value is -1.03. The maximum absolute atomic E-state index is 9.77. The van der Waals surface area contributed by atoms with Gasteiger partial charge in [-0.2, -0.15) is 0 Å². The Morgan fingerprint density at radius 3 is 1.89 bits per heavy atom. The first-order valence-electron chi connectivity index (χ1n) is 1.87. The van der Waals surface area contributed by atoms with Crippen molar-refractivity contribution >= 4 is 23.5 Å². The van der Waals surface area contributed by atoms with Gasteiger partial charge in [0.15, 0.2) is 0 Å². The molecule has 9 heavy (non-hydrogen) atoms. The zero-order chi connectivity index (χ0) is 7.44. The fourth-order valence-corrected chi connectivity index (χ4v) is 0.263. The lowest BCUT2D eigenvalue weighted by atomic mass is 10.5. The molecule has 0 atom stereocenters. The van der Waals surface area contributed by atoms with Crippen LogP contribution in [-0.4, -0.2) is 22.2 Å². The molecular formula is C4H3ClO4. The lowest BCUT2D eigenvalue weighted by molar-refractivity contribution is -0.134. The molecule has 0 aromatic heterocycles. The monoisotopic (exact) mass is 150 g/mol. The summed E-state index contributed by atoms with van der Waals surface area (Å²) in [5, 5.41) is 15.2. The average Bonchev–Trinajstić information content (AvgIpc) is 1.63. The van der Waals surface area contributed by atoms with Crippen molar-refractivity contribution in [2.75, 3.05) is 0 Å². The highest BCUT2D eigenvalue weighted by atomic mass is 35.5. The number of hydrogen-bond acceptors (Lipinski definition) is 2. The summed E-state index contributed by atoms with van der Waals surface area (Å²) in [5.41, 5.74) is 0. The van der Waals surface area contributed by atoms with E-state index in [1.807, 2.05) is 0 Å². The minimum Gasteiger partial charge on any atom is -0.478 e. The van der Waals surface area contributed by atoms with Gasteiger partial charge >= 0.3 is 11.9 Å². The van der Waals surface area contributed by atoms with Crippen molar-refractivity contribution in [2.45, 2.75) is 0 Å². The number of halogens is 1. The van der Waals surface area contributed by atoms with Crippen LogP contribution in [0.4, 0.5) is 0 Å². The topological polar surface area (TPSA) is 74.6 Å². The summed E-state index contributed by atoms with van der Waals surface area (Å²) in [6, 6.07) is 0. The molecule has 0 rings (SSSR count). The van der Waals surface area contributed by atoms with Crippen molar-refractivity contribution in [3.05, 3.63) is 11.1 Å². The molecule has 50 valence electrons. The van der Waals surface area contributed by atoms with Crippen LogP contribution >= 0.6 is 11.6 Å². The first-order chi connectivity index (χ1) is 4.04. The number of rotatable bonds is 2. The van der Waals surface area contributed by atoms with E-state index in [0.717, 1.165) is 0 Å². The minimum absolute atomic E-state index is 0.407. The summed E-state index contributed by atoms with van der Waals surface area (Å²) < 4.78 is 0. The molecule has 0 spiro atoms. The summed E-state index contributed by atoms with van der Waals surface area (Å²) in [6.45, 7) is 0. The van der Waals surface area contributed by atoms with Crippen molar-refractivity contribution in [2.24, 2.45) is 0 Å². The van der Waals surface area contributed by atoms with E-state index in [9.17, 15) is 9.59 Å². The Kier molecular flexibility index (Phi) is 2.73. The third-order valence-corrected chi connectivity index (χ3v) is 0.725.